The summed E-state index contributed by atoms with van der Waals surface area (Å²) in [6, 6.07) is 20.7. The zero-order valence-electron chi connectivity index (χ0n) is 10.5. The summed E-state index contributed by atoms with van der Waals surface area (Å²) in [7, 11) is 0. The van der Waals surface area contributed by atoms with E-state index in [9.17, 15) is 5.26 Å². The lowest BCUT2D eigenvalue weighted by atomic mass is 9.67. The first-order valence-corrected chi connectivity index (χ1v) is 6.92. The fraction of sp³-hybridized carbons (Fsp3) is 0.235. The fourth-order valence-corrected chi connectivity index (χ4v) is 3.29. The Morgan fingerprint density at radius 1 is 1.05 bits per heavy atom. The third-order valence-electron chi connectivity index (χ3n) is 3.99. The van der Waals surface area contributed by atoms with Gasteiger partial charge in [-0.3, -0.25) is 0 Å². The number of nitrogens with zero attached hydrogens (tertiary/aromatic N) is 1. The molecule has 0 N–H and O–H groups in total. The molecule has 1 aliphatic rings. The van der Waals surface area contributed by atoms with E-state index in [2.05, 4.69) is 6.07 Å². The van der Waals surface area contributed by atoms with E-state index < -0.39 is 5.41 Å². The van der Waals surface area contributed by atoms with Crippen LogP contribution in [0.4, 0.5) is 0 Å². The molecule has 0 fully saturated rings. The smallest absolute Gasteiger partial charge is 0.107 e. The van der Waals surface area contributed by atoms with Crippen LogP contribution >= 0.6 is 11.6 Å². The van der Waals surface area contributed by atoms with Crippen LogP contribution in [0.15, 0.2) is 54.6 Å². The number of nitriles is 1. The Morgan fingerprint density at radius 2 is 1.74 bits per heavy atom. The molecule has 1 aliphatic carbocycles. The molecule has 2 aromatic rings. The van der Waals surface area contributed by atoms with Gasteiger partial charge in [0.15, 0.2) is 0 Å². The van der Waals surface area contributed by atoms with E-state index in [0.29, 0.717) is 0 Å². The van der Waals surface area contributed by atoms with Gasteiger partial charge in [0.25, 0.3) is 0 Å². The first-order chi connectivity index (χ1) is 9.28. The van der Waals surface area contributed by atoms with Gasteiger partial charge >= 0.3 is 0 Å². The summed E-state index contributed by atoms with van der Waals surface area (Å²) in [6.07, 6.45) is 1.61. The van der Waals surface area contributed by atoms with E-state index in [0.717, 1.165) is 29.5 Å². The second-order valence-corrected chi connectivity index (χ2v) is 5.50. The van der Waals surface area contributed by atoms with Gasteiger partial charge in [0.2, 0.25) is 0 Å². The standard InChI is InChI=1S/C17H14ClN/c18-16-10-11-17(12-19,13-6-2-1-3-7-13)15-9-5-4-8-14(15)16/h1-9,16H,10-11H2/t16-,17+/m0/s1. The van der Waals surface area contributed by atoms with Gasteiger partial charge in [-0.05, 0) is 29.5 Å². The molecule has 0 unspecified atom stereocenters. The number of benzene rings is 2. The molecule has 0 saturated carbocycles. The first kappa shape index (κ1) is 12.3. The van der Waals surface area contributed by atoms with Crippen LogP contribution < -0.4 is 0 Å². The molecular formula is C17H14ClN. The molecule has 0 bridgehead atoms. The Bertz CT molecular complexity index is 629. The molecule has 0 aromatic heterocycles. The molecule has 0 radical (unpaired) electrons. The highest BCUT2D eigenvalue weighted by atomic mass is 35.5. The summed E-state index contributed by atoms with van der Waals surface area (Å²) in [5.41, 5.74) is 2.67. The molecule has 0 heterocycles. The van der Waals surface area contributed by atoms with Gasteiger partial charge in [0.05, 0.1) is 11.4 Å². The van der Waals surface area contributed by atoms with Crippen molar-refractivity contribution in [1.29, 1.82) is 5.26 Å². The van der Waals surface area contributed by atoms with Gasteiger partial charge in [-0.2, -0.15) is 5.26 Å². The highest BCUT2D eigenvalue weighted by molar-refractivity contribution is 6.21. The normalized spacial score (nSPS) is 25.4. The van der Waals surface area contributed by atoms with Gasteiger partial charge in [-0.25, -0.2) is 0 Å². The van der Waals surface area contributed by atoms with Crippen LogP contribution in [0, 0.1) is 11.3 Å². The molecule has 0 amide bonds. The van der Waals surface area contributed by atoms with Crippen LogP contribution in [-0.2, 0) is 5.41 Å². The van der Waals surface area contributed by atoms with Gasteiger partial charge in [0, 0.05) is 0 Å². The predicted octanol–water partition coefficient (Wildman–Crippen LogP) is 4.57. The number of alkyl halides is 1. The molecule has 2 heteroatoms. The van der Waals surface area contributed by atoms with E-state index >= 15 is 0 Å². The minimum absolute atomic E-state index is 0.0152. The highest BCUT2D eigenvalue weighted by Crippen LogP contribution is 2.47. The monoisotopic (exact) mass is 267 g/mol. The second-order valence-electron chi connectivity index (χ2n) is 4.98. The summed E-state index contributed by atoms with van der Waals surface area (Å²) in [5, 5.41) is 9.85. The van der Waals surface area contributed by atoms with Gasteiger partial charge in [-0.1, -0.05) is 54.6 Å². The molecule has 3 rings (SSSR count). The first-order valence-electron chi connectivity index (χ1n) is 6.48. The van der Waals surface area contributed by atoms with Crippen molar-refractivity contribution in [2.75, 3.05) is 0 Å². The molecule has 19 heavy (non-hydrogen) atoms. The van der Waals surface area contributed by atoms with Crippen LogP contribution in [0.5, 0.6) is 0 Å². The summed E-state index contributed by atoms with van der Waals surface area (Å²) >= 11 is 6.41. The van der Waals surface area contributed by atoms with E-state index in [-0.39, 0.29) is 5.38 Å². The molecule has 0 saturated heterocycles. The summed E-state index contributed by atoms with van der Waals surface area (Å²) < 4.78 is 0. The minimum atomic E-state index is -0.552. The molecule has 94 valence electrons. The highest BCUT2D eigenvalue weighted by Gasteiger charge is 2.40. The zero-order valence-corrected chi connectivity index (χ0v) is 11.3. The summed E-state index contributed by atoms with van der Waals surface area (Å²) in [5.74, 6) is 0. The van der Waals surface area contributed by atoms with Crippen LogP contribution in [0.2, 0.25) is 0 Å². The molecule has 2 aromatic carbocycles. The molecule has 2 atom stereocenters. The largest absolute Gasteiger partial charge is 0.197 e. The third-order valence-corrected chi connectivity index (χ3v) is 4.44. The maximum Gasteiger partial charge on any atom is 0.107 e. The average Bonchev–Trinajstić information content (AvgIpc) is 2.49. The average molecular weight is 268 g/mol. The molecule has 0 aliphatic heterocycles. The Hall–Kier alpha value is -1.78. The maximum atomic E-state index is 9.83. The van der Waals surface area contributed by atoms with E-state index in [1.54, 1.807) is 0 Å². The van der Waals surface area contributed by atoms with Crippen LogP contribution in [0.3, 0.4) is 0 Å². The fourth-order valence-electron chi connectivity index (χ4n) is 3.00. The van der Waals surface area contributed by atoms with Crippen molar-refractivity contribution in [2.45, 2.75) is 23.6 Å². The van der Waals surface area contributed by atoms with Crippen molar-refractivity contribution in [2.24, 2.45) is 0 Å². The van der Waals surface area contributed by atoms with Crippen molar-refractivity contribution in [1.82, 2.24) is 0 Å². The van der Waals surface area contributed by atoms with Crippen molar-refractivity contribution in [3.63, 3.8) is 0 Å². The number of hydrogen-bond donors (Lipinski definition) is 0. The van der Waals surface area contributed by atoms with Crippen molar-refractivity contribution >= 4 is 11.6 Å². The van der Waals surface area contributed by atoms with Crippen molar-refractivity contribution in [3.05, 3.63) is 71.3 Å². The van der Waals surface area contributed by atoms with Crippen LogP contribution in [0.1, 0.15) is 34.9 Å². The topological polar surface area (TPSA) is 23.8 Å². The SMILES string of the molecule is N#C[C@@]1(c2ccccc2)CC[C@H](Cl)c2ccccc21. The van der Waals surface area contributed by atoms with E-state index in [4.69, 9.17) is 11.6 Å². The Balaban J connectivity index is 2.25. The number of halogens is 1. The summed E-state index contributed by atoms with van der Waals surface area (Å²) in [4.78, 5) is 0. The molecule has 0 spiro atoms. The lowest BCUT2D eigenvalue weighted by Crippen LogP contribution is -2.31. The molecule has 1 nitrogen and oxygen atoms in total. The predicted molar refractivity (Wildman–Crippen MR) is 77.1 cm³/mol. The zero-order chi connectivity index (χ0) is 13.3. The summed E-state index contributed by atoms with van der Waals surface area (Å²) in [6.45, 7) is 0. The quantitative estimate of drug-likeness (QED) is 0.695. The van der Waals surface area contributed by atoms with Gasteiger partial charge in [-0.15, -0.1) is 11.6 Å². The lowest BCUT2D eigenvalue weighted by Gasteiger charge is -2.35. The van der Waals surface area contributed by atoms with E-state index in [1.807, 2.05) is 54.6 Å². The lowest BCUT2D eigenvalue weighted by molar-refractivity contribution is 0.515. The Morgan fingerprint density at radius 3 is 2.47 bits per heavy atom. The van der Waals surface area contributed by atoms with Crippen molar-refractivity contribution in [3.8, 4) is 6.07 Å². The van der Waals surface area contributed by atoms with Crippen LogP contribution in [-0.4, -0.2) is 0 Å². The van der Waals surface area contributed by atoms with Crippen LogP contribution in [0.25, 0.3) is 0 Å². The second kappa shape index (κ2) is 4.72. The number of rotatable bonds is 1. The molecular weight excluding hydrogens is 254 g/mol. The van der Waals surface area contributed by atoms with E-state index in [1.165, 1.54) is 0 Å². The third kappa shape index (κ3) is 1.84. The van der Waals surface area contributed by atoms with Gasteiger partial charge < -0.3 is 0 Å². The number of fused-ring (bicyclic) bond motifs is 1. The van der Waals surface area contributed by atoms with Crippen molar-refractivity contribution < 1.29 is 0 Å². The minimum Gasteiger partial charge on any atom is -0.197 e. The Kier molecular flexibility index (Phi) is 3.05. The Labute approximate surface area is 118 Å². The van der Waals surface area contributed by atoms with Gasteiger partial charge in [0.1, 0.15) is 5.41 Å². The number of hydrogen-bond acceptors (Lipinski definition) is 1. The maximum absolute atomic E-state index is 9.83.